The van der Waals surface area contributed by atoms with Crippen molar-refractivity contribution in [2.24, 2.45) is 0 Å². The second kappa shape index (κ2) is 10.0. The van der Waals surface area contributed by atoms with E-state index in [-0.39, 0.29) is 6.04 Å². The summed E-state index contributed by atoms with van der Waals surface area (Å²) in [4.78, 5) is 0.370. The molecule has 0 heterocycles. The number of hydrogen-bond donors (Lipinski definition) is 1. The summed E-state index contributed by atoms with van der Waals surface area (Å²) in [5, 5.41) is 0. The van der Waals surface area contributed by atoms with E-state index in [1.54, 1.807) is 12.1 Å². The fourth-order valence-corrected chi connectivity index (χ4v) is 3.85. The first kappa shape index (κ1) is 19.2. The molecule has 1 aromatic carbocycles. The number of nitrogens with one attached hydrogen (secondary N) is 1. The van der Waals surface area contributed by atoms with Crippen molar-refractivity contribution in [3.63, 3.8) is 0 Å². The number of rotatable bonds is 11. The van der Waals surface area contributed by atoms with Crippen LogP contribution in [0.3, 0.4) is 0 Å². The first-order valence-electron chi connectivity index (χ1n) is 8.58. The zero-order valence-electron chi connectivity index (χ0n) is 14.3. The van der Waals surface area contributed by atoms with Crippen LogP contribution in [0, 0.1) is 6.92 Å². The molecule has 0 saturated heterocycles. The zero-order valence-corrected chi connectivity index (χ0v) is 15.1. The second-order valence-corrected chi connectivity index (χ2v) is 7.84. The highest BCUT2D eigenvalue weighted by atomic mass is 32.2. The van der Waals surface area contributed by atoms with Gasteiger partial charge in [0, 0.05) is 6.04 Å². The SMILES string of the molecule is CCCCCC(CCCCC)NS(=O)(=O)c1ccc(C)cc1. The minimum Gasteiger partial charge on any atom is -0.208 e. The van der Waals surface area contributed by atoms with E-state index in [1.165, 1.54) is 0 Å². The lowest BCUT2D eigenvalue weighted by Crippen LogP contribution is -2.34. The van der Waals surface area contributed by atoms with Crippen LogP contribution in [0.2, 0.25) is 0 Å². The third-order valence-electron chi connectivity index (χ3n) is 3.97. The molecular weight excluding hydrogens is 294 g/mol. The molecule has 1 rings (SSSR count). The first-order chi connectivity index (χ1) is 10.5. The molecule has 0 unspecified atom stereocenters. The highest BCUT2D eigenvalue weighted by Gasteiger charge is 2.19. The highest BCUT2D eigenvalue weighted by Crippen LogP contribution is 2.16. The smallest absolute Gasteiger partial charge is 0.208 e. The molecule has 1 N–H and O–H groups in total. The lowest BCUT2D eigenvalue weighted by molar-refractivity contribution is 0.463. The molecule has 0 saturated carbocycles. The third kappa shape index (κ3) is 6.93. The van der Waals surface area contributed by atoms with Crippen molar-refractivity contribution in [3.8, 4) is 0 Å². The summed E-state index contributed by atoms with van der Waals surface area (Å²) in [6, 6.07) is 7.12. The molecule has 0 aliphatic rings. The molecule has 0 amide bonds. The van der Waals surface area contributed by atoms with Crippen LogP contribution >= 0.6 is 0 Å². The Labute approximate surface area is 136 Å². The summed E-state index contributed by atoms with van der Waals surface area (Å²) < 4.78 is 27.9. The maximum absolute atomic E-state index is 12.5. The van der Waals surface area contributed by atoms with Gasteiger partial charge in [0.05, 0.1) is 4.90 Å². The summed E-state index contributed by atoms with van der Waals surface area (Å²) in [7, 11) is -3.40. The lowest BCUT2D eigenvalue weighted by atomic mass is 10.0. The maximum atomic E-state index is 12.5. The van der Waals surface area contributed by atoms with E-state index in [9.17, 15) is 8.42 Å². The molecule has 3 nitrogen and oxygen atoms in total. The Bertz CT molecular complexity index is 498. The Hall–Kier alpha value is -0.870. The van der Waals surface area contributed by atoms with E-state index in [4.69, 9.17) is 0 Å². The van der Waals surface area contributed by atoms with Gasteiger partial charge in [-0.25, -0.2) is 13.1 Å². The quantitative estimate of drug-likeness (QED) is 0.594. The Morgan fingerprint density at radius 1 is 0.909 bits per heavy atom. The summed E-state index contributed by atoms with van der Waals surface area (Å²) in [5.41, 5.74) is 1.07. The van der Waals surface area contributed by atoms with Crippen LogP contribution in [-0.4, -0.2) is 14.5 Å². The molecule has 4 heteroatoms. The van der Waals surface area contributed by atoms with Crippen molar-refractivity contribution in [1.29, 1.82) is 0 Å². The predicted octanol–water partition coefficient (Wildman–Crippen LogP) is 4.80. The highest BCUT2D eigenvalue weighted by molar-refractivity contribution is 7.89. The van der Waals surface area contributed by atoms with Crippen molar-refractivity contribution >= 4 is 10.0 Å². The van der Waals surface area contributed by atoms with Gasteiger partial charge in [-0.3, -0.25) is 0 Å². The van der Waals surface area contributed by atoms with Crippen molar-refractivity contribution in [2.45, 2.75) is 83.1 Å². The first-order valence-corrected chi connectivity index (χ1v) is 10.1. The molecule has 0 fully saturated rings. The van der Waals surface area contributed by atoms with Crippen molar-refractivity contribution in [2.75, 3.05) is 0 Å². The Balaban J connectivity index is 2.70. The summed E-state index contributed by atoms with van der Waals surface area (Å²) in [6.45, 7) is 6.30. The van der Waals surface area contributed by atoms with E-state index in [1.807, 2.05) is 19.1 Å². The van der Waals surface area contributed by atoms with Crippen molar-refractivity contribution < 1.29 is 8.42 Å². The van der Waals surface area contributed by atoms with Gasteiger partial charge in [-0.05, 0) is 31.9 Å². The minimum atomic E-state index is -3.40. The van der Waals surface area contributed by atoms with Gasteiger partial charge < -0.3 is 0 Å². The van der Waals surface area contributed by atoms with Gasteiger partial charge in [-0.15, -0.1) is 0 Å². The lowest BCUT2D eigenvalue weighted by Gasteiger charge is -2.19. The maximum Gasteiger partial charge on any atom is 0.240 e. The second-order valence-electron chi connectivity index (χ2n) is 6.12. The molecule has 126 valence electrons. The van der Waals surface area contributed by atoms with Crippen LogP contribution in [0.15, 0.2) is 29.2 Å². The van der Waals surface area contributed by atoms with E-state index in [0.717, 1.165) is 56.9 Å². The van der Waals surface area contributed by atoms with Crippen LogP contribution in [-0.2, 0) is 10.0 Å². The molecule has 0 spiro atoms. The Morgan fingerprint density at radius 2 is 1.41 bits per heavy atom. The van der Waals surface area contributed by atoms with Gasteiger partial charge in [0.1, 0.15) is 0 Å². The Morgan fingerprint density at radius 3 is 1.86 bits per heavy atom. The third-order valence-corrected chi connectivity index (χ3v) is 5.50. The number of sulfonamides is 1. The molecule has 1 aromatic rings. The monoisotopic (exact) mass is 325 g/mol. The minimum absolute atomic E-state index is 0.0596. The van der Waals surface area contributed by atoms with Gasteiger partial charge in [0.25, 0.3) is 0 Å². The molecule has 22 heavy (non-hydrogen) atoms. The van der Waals surface area contributed by atoms with E-state index in [2.05, 4.69) is 18.6 Å². The zero-order chi connectivity index (χ0) is 16.4. The van der Waals surface area contributed by atoms with Crippen LogP contribution < -0.4 is 4.72 Å². The summed E-state index contributed by atoms with van der Waals surface area (Å²) in [6.07, 6.45) is 8.69. The van der Waals surface area contributed by atoms with Crippen LogP contribution in [0.4, 0.5) is 0 Å². The fourth-order valence-electron chi connectivity index (χ4n) is 2.55. The topological polar surface area (TPSA) is 46.2 Å². The van der Waals surface area contributed by atoms with Gasteiger partial charge in [-0.2, -0.15) is 0 Å². The Kier molecular flexibility index (Phi) is 8.72. The molecular formula is C18H31NO2S. The normalized spacial score (nSPS) is 12.0. The van der Waals surface area contributed by atoms with Crippen molar-refractivity contribution in [1.82, 2.24) is 4.72 Å². The predicted molar refractivity (Wildman–Crippen MR) is 93.6 cm³/mol. The largest absolute Gasteiger partial charge is 0.240 e. The van der Waals surface area contributed by atoms with Gasteiger partial charge >= 0.3 is 0 Å². The van der Waals surface area contributed by atoms with Gasteiger partial charge in [0.15, 0.2) is 0 Å². The fraction of sp³-hybridized carbons (Fsp3) is 0.667. The molecule has 0 aromatic heterocycles. The van der Waals surface area contributed by atoms with Crippen LogP contribution in [0.1, 0.15) is 70.8 Å². The molecule has 0 radical (unpaired) electrons. The van der Waals surface area contributed by atoms with Gasteiger partial charge in [-0.1, -0.05) is 70.1 Å². The molecule has 0 bridgehead atoms. The summed E-state index contributed by atoms with van der Waals surface area (Å²) in [5.74, 6) is 0. The van der Waals surface area contributed by atoms with Crippen LogP contribution in [0.5, 0.6) is 0 Å². The number of aryl methyl sites for hydroxylation is 1. The van der Waals surface area contributed by atoms with Crippen LogP contribution in [0.25, 0.3) is 0 Å². The van der Waals surface area contributed by atoms with E-state index in [0.29, 0.717) is 4.90 Å². The average molecular weight is 326 g/mol. The number of benzene rings is 1. The number of hydrogen-bond acceptors (Lipinski definition) is 2. The molecule has 0 aliphatic carbocycles. The standard InChI is InChI=1S/C18H31NO2S/c1-4-6-8-10-17(11-9-7-5-2)19-22(20,21)18-14-12-16(3)13-15-18/h12-15,17,19H,4-11H2,1-3H3. The summed E-state index contributed by atoms with van der Waals surface area (Å²) >= 11 is 0. The van der Waals surface area contributed by atoms with E-state index >= 15 is 0 Å². The average Bonchev–Trinajstić information content (AvgIpc) is 2.47. The molecule has 0 aliphatic heterocycles. The van der Waals surface area contributed by atoms with Crippen molar-refractivity contribution in [3.05, 3.63) is 29.8 Å². The number of unbranched alkanes of at least 4 members (excludes halogenated alkanes) is 4. The van der Waals surface area contributed by atoms with E-state index < -0.39 is 10.0 Å². The van der Waals surface area contributed by atoms with Gasteiger partial charge in [0.2, 0.25) is 10.0 Å². The molecule has 0 atom stereocenters.